The Kier molecular flexibility index (Phi) is 5.10. The number of rotatable bonds is 6. The van der Waals surface area contributed by atoms with Crippen LogP contribution in [-0.4, -0.2) is 50.3 Å². The second kappa shape index (κ2) is 7.84. The summed E-state index contributed by atoms with van der Waals surface area (Å²) in [7, 11) is 0. The average molecular weight is 380 g/mol. The Bertz CT molecular complexity index is 968. The Morgan fingerprint density at radius 3 is 2.82 bits per heavy atom. The molecule has 1 fully saturated rings. The molecule has 3 heterocycles. The minimum atomic E-state index is 0.0683. The van der Waals surface area contributed by atoms with Crippen molar-refractivity contribution >= 4 is 17.4 Å². The molecule has 1 aromatic carbocycles. The molecule has 4 rings (SSSR count). The maximum Gasteiger partial charge on any atom is 0.242 e. The van der Waals surface area contributed by atoms with Crippen LogP contribution in [0.3, 0.4) is 0 Å². The largest absolute Gasteiger partial charge is 0.494 e. The third-order valence-electron chi connectivity index (χ3n) is 4.99. The van der Waals surface area contributed by atoms with E-state index in [9.17, 15) is 4.79 Å². The van der Waals surface area contributed by atoms with Crippen molar-refractivity contribution in [2.45, 2.75) is 32.7 Å². The Morgan fingerprint density at radius 2 is 2.04 bits per heavy atom. The van der Waals surface area contributed by atoms with E-state index in [4.69, 9.17) is 4.74 Å². The van der Waals surface area contributed by atoms with Gasteiger partial charge in [0.2, 0.25) is 5.91 Å². The van der Waals surface area contributed by atoms with Crippen LogP contribution in [0.1, 0.15) is 37.2 Å². The molecule has 1 amide bonds. The van der Waals surface area contributed by atoms with Crippen molar-refractivity contribution in [2.75, 3.05) is 25.0 Å². The molecule has 1 atom stereocenters. The summed E-state index contributed by atoms with van der Waals surface area (Å²) in [4.78, 5) is 14.8. The summed E-state index contributed by atoms with van der Waals surface area (Å²) in [5, 5.41) is 15.6. The molecule has 0 spiro atoms. The van der Waals surface area contributed by atoms with E-state index in [-0.39, 0.29) is 18.5 Å². The Morgan fingerprint density at radius 1 is 1.21 bits per heavy atom. The molecule has 8 nitrogen and oxygen atoms in total. The topological polar surface area (TPSA) is 84.6 Å². The maximum absolute atomic E-state index is 12.8. The van der Waals surface area contributed by atoms with Crippen LogP contribution in [0.25, 0.3) is 5.65 Å². The van der Waals surface area contributed by atoms with Crippen LogP contribution in [-0.2, 0) is 4.79 Å². The first-order valence-corrected chi connectivity index (χ1v) is 9.61. The standard InChI is InChI=1S/C20H24N6O2/c1-3-28-16-8-6-15(7-9-16)17-5-4-12-25(17)20(27)13-21-18-10-11-19-23-22-14(2)26(19)24-18/h6-11,17H,3-5,12-13H2,1-2H3,(H,21,24)/t17-/m0/s1. The molecule has 1 aliphatic heterocycles. The average Bonchev–Trinajstić information content (AvgIpc) is 3.34. The molecule has 3 aromatic rings. The summed E-state index contributed by atoms with van der Waals surface area (Å²) in [6.45, 7) is 5.43. The zero-order chi connectivity index (χ0) is 19.5. The lowest BCUT2D eigenvalue weighted by molar-refractivity contribution is -0.130. The summed E-state index contributed by atoms with van der Waals surface area (Å²) in [6, 6.07) is 11.8. The van der Waals surface area contributed by atoms with Gasteiger partial charge in [0.25, 0.3) is 0 Å². The monoisotopic (exact) mass is 380 g/mol. The van der Waals surface area contributed by atoms with Gasteiger partial charge in [-0.15, -0.1) is 15.3 Å². The van der Waals surface area contributed by atoms with E-state index in [1.807, 2.05) is 43.0 Å². The number of fused-ring (bicyclic) bond motifs is 1. The smallest absolute Gasteiger partial charge is 0.242 e. The third-order valence-corrected chi connectivity index (χ3v) is 4.99. The maximum atomic E-state index is 12.8. The van der Waals surface area contributed by atoms with Crippen molar-refractivity contribution in [1.29, 1.82) is 0 Å². The van der Waals surface area contributed by atoms with E-state index in [1.165, 1.54) is 0 Å². The van der Waals surface area contributed by atoms with Crippen molar-refractivity contribution in [1.82, 2.24) is 24.7 Å². The number of nitrogens with one attached hydrogen (secondary N) is 1. The van der Waals surface area contributed by atoms with Crippen molar-refractivity contribution in [3.05, 3.63) is 47.8 Å². The number of aryl methyl sites for hydroxylation is 1. The SMILES string of the molecule is CCOc1ccc([C@@H]2CCCN2C(=O)CNc2ccc3nnc(C)n3n2)cc1. The number of carbonyl (C=O) groups excluding carboxylic acids is 1. The van der Waals surface area contributed by atoms with E-state index in [0.717, 1.165) is 30.7 Å². The highest BCUT2D eigenvalue weighted by atomic mass is 16.5. The number of nitrogens with zero attached hydrogens (tertiary/aromatic N) is 5. The van der Waals surface area contributed by atoms with Gasteiger partial charge in [-0.05, 0) is 56.5 Å². The van der Waals surface area contributed by atoms with Crippen LogP contribution in [0.4, 0.5) is 5.82 Å². The summed E-state index contributed by atoms with van der Waals surface area (Å²) >= 11 is 0. The highest BCUT2D eigenvalue weighted by molar-refractivity contribution is 5.81. The molecule has 0 saturated carbocycles. The fourth-order valence-corrected chi connectivity index (χ4v) is 3.62. The molecule has 0 bridgehead atoms. The van der Waals surface area contributed by atoms with Gasteiger partial charge in [-0.1, -0.05) is 12.1 Å². The fourth-order valence-electron chi connectivity index (χ4n) is 3.62. The van der Waals surface area contributed by atoms with E-state index in [2.05, 4.69) is 32.7 Å². The molecule has 8 heteroatoms. The van der Waals surface area contributed by atoms with E-state index < -0.39 is 0 Å². The number of amides is 1. The first-order valence-electron chi connectivity index (χ1n) is 9.61. The Labute approximate surface area is 163 Å². The van der Waals surface area contributed by atoms with E-state index in [1.54, 1.807) is 4.52 Å². The van der Waals surface area contributed by atoms with Crippen molar-refractivity contribution in [3.63, 3.8) is 0 Å². The van der Waals surface area contributed by atoms with E-state index in [0.29, 0.717) is 23.9 Å². The molecule has 28 heavy (non-hydrogen) atoms. The van der Waals surface area contributed by atoms with Crippen molar-refractivity contribution < 1.29 is 9.53 Å². The number of ether oxygens (including phenoxy) is 1. The molecular weight excluding hydrogens is 356 g/mol. The van der Waals surface area contributed by atoms with Crippen LogP contribution in [0.2, 0.25) is 0 Å². The van der Waals surface area contributed by atoms with Crippen LogP contribution in [0.15, 0.2) is 36.4 Å². The summed E-state index contributed by atoms with van der Waals surface area (Å²) in [5.74, 6) is 2.26. The molecule has 0 radical (unpaired) electrons. The van der Waals surface area contributed by atoms with Gasteiger partial charge in [0, 0.05) is 6.54 Å². The summed E-state index contributed by atoms with van der Waals surface area (Å²) in [5.41, 5.74) is 1.83. The minimum absolute atomic E-state index is 0.0683. The number of hydrogen-bond donors (Lipinski definition) is 1. The molecule has 0 aliphatic carbocycles. The van der Waals surface area contributed by atoms with Crippen LogP contribution in [0, 0.1) is 6.92 Å². The zero-order valence-electron chi connectivity index (χ0n) is 16.1. The highest BCUT2D eigenvalue weighted by Crippen LogP contribution is 2.32. The number of hydrogen-bond acceptors (Lipinski definition) is 6. The van der Waals surface area contributed by atoms with Crippen LogP contribution < -0.4 is 10.1 Å². The number of aromatic nitrogens is 4. The van der Waals surface area contributed by atoms with Gasteiger partial charge in [0.05, 0.1) is 19.2 Å². The van der Waals surface area contributed by atoms with Gasteiger partial charge < -0.3 is 15.0 Å². The van der Waals surface area contributed by atoms with Crippen LogP contribution >= 0.6 is 0 Å². The zero-order valence-corrected chi connectivity index (χ0v) is 16.1. The van der Waals surface area contributed by atoms with Crippen molar-refractivity contribution in [3.8, 4) is 5.75 Å². The molecular formula is C20H24N6O2. The molecule has 146 valence electrons. The second-order valence-electron chi connectivity index (χ2n) is 6.84. The summed E-state index contributed by atoms with van der Waals surface area (Å²) < 4.78 is 7.17. The minimum Gasteiger partial charge on any atom is -0.494 e. The lowest BCUT2D eigenvalue weighted by Gasteiger charge is -2.25. The van der Waals surface area contributed by atoms with Gasteiger partial charge in [-0.2, -0.15) is 4.52 Å². The third kappa shape index (κ3) is 3.62. The Hall–Kier alpha value is -3.16. The molecule has 1 saturated heterocycles. The predicted octanol–water partition coefficient (Wildman–Crippen LogP) is 2.61. The van der Waals surface area contributed by atoms with E-state index >= 15 is 0 Å². The van der Waals surface area contributed by atoms with Gasteiger partial charge in [0.15, 0.2) is 11.5 Å². The quantitative estimate of drug-likeness (QED) is 0.708. The first-order chi connectivity index (χ1) is 13.7. The molecule has 2 aromatic heterocycles. The van der Waals surface area contributed by atoms with Crippen LogP contribution in [0.5, 0.6) is 5.75 Å². The summed E-state index contributed by atoms with van der Waals surface area (Å²) in [6.07, 6.45) is 1.98. The van der Waals surface area contributed by atoms with Crippen molar-refractivity contribution in [2.24, 2.45) is 0 Å². The molecule has 1 N–H and O–H groups in total. The Balaban J connectivity index is 1.42. The number of carbonyl (C=O) groups is 1. The normalized spacial score (nSPS) is 16.5. The lowest BCUT2D eigenvalue weighted by Crippen LogP contribution is -2.35. The van der Waals surface area contributed by atoms with Gasteiger partial charge in [-0.3, -0.25) is 4.79 Å². The number of likely N-dealkylation sites (tertiary alicyclic amines) is 1. The first kappa shape index (κ1) is 18.2. The van der Waals surface area contributed by atoms with Gasteiger partial charge in [-0.25, -0.2) is 0 Å². The van der Waals surface area contributed by atoms with Gasteiger partial charge in [0.1, 0.15) is 11.6 Å². The number of anilines is 1. The predicted molar refractivity (Wildman–Crippen MR) is 105 cm³/mol. The highest BCUT2D eigenvalue weighted by Gasteiger charge is 2.29. The van der Waals surface area contributed by atoms with Gasteiger partial charge >= 0.3 is 0 Å². The fraction of sp³-hybridized carbons (Fsp3) is 0.400. The molecule has 1 aliphatic rings. The molecule has 0 unspecified atom stereocenters. The number of benzene rings is 1. The second-order valence-corrected chi connectivity index (χ2v) is 6.84. The lowest BCUT2D eigenvalue weighted by atomic mass is 10.0.